The monoisotopic (exact) mass is 280 g/mol. The van der Waals surface area contributed by atoms with Crippen molar-refractivity contribution < 1.29 is 0 Å². The SMILES string of the molecule is CSc1nc2ncnc(NC(C)C3CCC3)c2s1. The Morgan fingerprint density at radius 3 is 2.94 bits per heavy atom. The summed E-state index contributed by atoms with van der Waals surface area (Å²) in [6.45, 7) is 2.24. The van der Waals surface area contributed by atoms with Crippen LogP contribution in [0.15, 0.2) is 10.7 Å². The van der Waals surface area contributed by atoms with E-state index < -0.39 is 0 Å². The van der Waals surface area contributed by atoms with Gasteiger partial charge in [-0.25, -0.2) is 15.0 Å². The van der Waals surface area contributed by atoms with Gasteiger partial charge >= 0.3 is 0 Å². The number of nitrogens with zero attached hydrogens (tertiary/aromatic N) is 3. The molecule has 2 aromatic rings. The normalized spacial score (nSPS) is 17.7. The van der Waals surface area contributed by atoms with Gasteiger partial charge in [0.2, 0.25) is 0 Å². The highest BCUT2D eigenvalue weighted by atomic mass is 32.2. The van der Waals surface area contributed by atoms with Gasteiger partial charge in [0, 0.05) is 6.04 Å². The fourth-order valence-electron chi connectivity index (χ4n) is 2.20. The van der Waals surface area contributed by atoms with E-state index in [1.165, 1.54) is 19.3 Å². The van der Waals surface area contributed by atoms with Gasteiger partial charge in [-0.3, -0.25) is 0 Å². The van der Waals surface area contributed by atoms with E-state index in [2.05, 4.69) is 27.2 Å². The highest BCUT2D eigenvalue weighted by Gasteiger charge is 2.24. The van der Waals surface area contributed by atoms with Crippen LogP contribution < -0.4 is 5.32 Å². The maximum absolute atomic E-state index is 4.47. The van der Waals surface area contributed by atoms with Gasteiger partial charge in [0.05, 0.1) is 0 Å². The molecule has 1 saturated carbocycles. The van der Waals surface area contributed by atoms with E-state index in [4.69, 9.17) is 0 Å². The summed E-state index contributed by atoms with van der Waals surface area (Å²) < 4.78 is 2.12. The summed E-state index contributed by atoms with van der Waals surface area (Å²) in [5.74, 6) is 1.74. The second-order valence-electron chi connectivity index (χ2n) is 4.68. The maximum atomic E-state index is 4.47. The molecule has 18 heavy (non-hydrogen) atoms. The number of thioether (sulfide) groups is 1. The number of fused-ring (bicyclic) bond motifs is 1. The summed E-state index contributed by atoms with van der Waals surface area (Å²) in [5, 5.41) is 3.53. The molecule has 0 radical (unpaired) electrons. The van der Waals surface area contributed by atoms with Crippen LogP contribution in [0.2, 0.25) is 0 Å². The van der Waals surface area contributed by atoms with Gasteiger partial charge in [-0.2, -0.15) is 0 Å². The molecule has 1 unspecified atom stereocenters. The van der Waals surface area contributed by atoms with Gasteiger partial charge in [-0.05, 0) is 31.9 Å². The Bertz CT molecular complexity index is 550. The van der Waals surface area contributed by atoms with Crippen molar-refractivity contribution in [2.45, 2.75) is 36.6 Å². The van der Waals surface area contributed by atoms with Crippen LogP contribution in [0.25, 0.3) is 10.3 Å². The standard InChI is InChI=1S/C12H16N4S2/c1-7(8-4-3-5-8)15-10-9-11(14-6-13-10)16-12(17-2)18-9/h6-8H,3-5H2,1-2H3,(H,13,14,15). The summed E-state index contributed by atoms with van der Waals surface area (Å²) in [7, 11) is 0. The molecule has 1 aliphatic rings. The molecule has 0 bridgehead atoms. The zero-order valence-electron chi connectivity index (χ0n) is 10.5. The number of hydrogen-bond donors (Lipinski definition) is 1. The van der Waals surface area contributed by atoms with Crippen LogP contribution in [0.4, 0.5) is 5.82 Å². The Labute approximate surface area is 115 Å². The van der Waals surface area contributed by atoms with Gasteiger partial charge in [-0.15, -0.1) is 11.3 Å². The summed E-state index contributed by atoms with van der Waals surface area (Å²) in [6.07, 6.45) is 7.67. The molecule has 3 rings (SSSR count). The molecule has 0 saturated heterocycles. The average molecular weight is 280 g/mol. The molecule has 6 heteroatoms. The third-order valence-electron chi connectivity index (χ3n) is 3.57. The summed E-state index contributed by atoms with van der Waals surface area (Å²) in [4.78, 5) is 13.1. The number of anilines is 1. The zero-order chi connectivity index (χ0) is 12.5. The number of rotatable bonds is 4. The molecule has 0 aromatic carbocycles. The number of hydrogen-bond acceptors (Lipinski definition) is 6. The van der Waals surface area contributed by atoms with Gasteiger partial charge in [0.15, 0.2) is 9.99 Å². The number of thiazole rings is 1. The van der Waals surface area contributed by atoms with Crippen LogP contribution in [-0.2, 0) is 0 Å². The Balaban J connectivity index is 1.88. The van der Waals surface area contributed by atoms with E-state index in [1.54, 1.807) is 29.4 Å². The quantitative estimate of drug-likeness (QED) is 0.870. The van der Waals surface area contributed by atoms with Crippen molar-refractivity contribution in [2.24, 2.45) is 5.92 Å². The lowest BCUT2D eigenvalue weighted by Gasteiger charge is -2.32. The lowest BCUT2D eigenvalue weighted by Crippen LogP contribution is -2.31. The third-order valence-corrected chi connectivity index (χ3v) is 5.60. The Kier molecular flexibility index (Phi) is 3.39. The fourth-order valence-corrected chi connectivity index (χ4v) is 3.66. The van der Waals surface area contributed by atoms with E-state index in [0.717, 1.165) is 26.4 Å². The molecule has 0 amide bonds. The van der Waals surface area contributed by atoms with Crippen molar-refractivity contribution in [1.82, 2.24) is 15.0 Å². The third kappa shape index (κ3) is 2.19. The fraction of sp³-hybridized carbons (Fsp3) is 0.583. The first-order valence-corrected chi connectivity index (χ1v) is 8.24. The van der Waals surface area contributed by atoms with E-state index >= 15 is 0 Å². The molecular formula is C12H16N4S2. The van der Waals surface area contributed by atoms with Crippen molar-refractivity contribution in [3.8, 4) is 0 Å². The molecule has 4 nitrogen and oxygen atoms in total. The summed E-state index contributed by atoms with van der Waals surface area (Å²) in [5.41, 5.74) is 0.808. The van der Waals surface area contributed by atoms with Crippen molar-refractivity contribution in [2.75, 3.05) is 11.6 Å². The molecular weight excluding hydrogens is 264 g/mol. The van der Waals surface area contributed by atoms with Crippen molar-refractivity contribution in [3.63, 3.8) is 0 Å². The number of nitrogens with one attached hydrogen (secondary N) is 1. The molecule has 96 valence electrons. The largest absolute Gasteiger partial charge is 0.366 e. The summed E-state index contributed by atoms with van der Waals surface area (Å²) >= 11 is 3.32. The molecule has 2 aromatic heterocycles. The molecule has 1 aliphatic carbocycles. The second kappa shape index (κ2) is 5.01. The smallest absolute Gasteiger partial charge is 0.176 e. The number of aromatic nitrogens is 3. The maximum Gasteiger partial charge on any atom is 0.176 e. The highest BCUT2D eigenvalue weighted by molar-refractivity contribution is 8.00. The average Bonchev–Trinajstić information content (AvgIpc) is 2.70. The zero-order valence-corrected chi connectivity index (χ0v) is 12.1. The lowest BCUT2D eigenvalue weighted by molar-refractivity contribution is 0.285. The minimum atomic E-state index is 0.483. The molecule has 1 N–H and O–H groups in total. The van der Waals surface area contributed by atoms with Crippen LogP contribution in [0, 0.1) is 5.92 Å². The minimum Gasteiger partial charge on any atom is -0.366 e. The van der Waals surface area contributed by atoms with Crippen molar-refractivity contribution >= 4 is 39.3 Å². The van der Waals surface area contributed by atoms with Gasteiger partial charge in [-0.1, -0.05) is 18.2 Å². The van der Waals surface area contributed by atoms with Crippen LogP contribution in [-0.4, -0.2) is 27.2 Å². The first kappa shape index (κ1) is 12.2. The van der Waals surface area contributed by atoms with E-state index in [0.29, 0.717) is 6.04 Å². The van der Waals surface area contributed by atoms with Crippen LogP contribution in [0.3, 0.4) is 0 Å². The van der Waals surface area contributed by atoms with E-state index in [9.17, 15) is 0 Å². The van der Waals surface area contributed by atoms with Gasteiger partial charge < -0.3 is 5.32 Å². The Hall–Kier alpha value is -0.880. The Morgan fingerprint density at radius 2 is 2.28 bits per heavy atom. The molecule has 0 spiro atoms. The van der Waals surface area contributed by atoms with Gasteiger partial charge in [0.1, 0.15) is 16.8 Å². The first-order valence-electron chi connectivity index (χ1n) is 6.20. The Morgan fingerprint density at radius 1 is 1.44 bits per heavy atom. The van der Waals surface area contributed by atoms with Gasteiger partial charge in [0.25, 0.3) is 0 Å². The predicted molar refractivity (Wildman–Crippen MR) is 77.4 cm³/mol. The van der Waals surface area contributed by atoms with E-state index in [-0.39, 0.29) is 0 Å². The van der Waals surface area contributed by atoms with Crippen LogP contribution >= 0.6 is 23.1 Å². The summed E-state index contributed by atoms with van der Waals surface area (Å²) in [6, 6.07) is 0.483. The van der Waals surface area contributed by atoms with Crippen LogP contribution in [0.5, 0.6) is 0 Å². The molecule has 2 heterocycles. The highest BCUT2D eigenvalue weighted by Crippen LogP contribution is 2.34. The second-order valence-corrected chi connectivity index (χ2v) is 6.74. The topological polar surface area (TPSA) is 50.7 Å². The molecule has 0 aliphatic heterocycles. The lowest BCUT2D eigenvalue weighted by atomic mass is 9.80. The molecule has 1 fully saturated rings. The minimum absolute atomic E-state index is 0.483. The van der Waals surface area contributed by atoms with E-state index in [1.807, 2.05) is 6.26 Å². The molecule has 1 atom stereocenters. The predicted octanol–water partition coefficient (Wildman–Crippen LogP) is 3.41. The van der Waals surface area contributed by atoms with Crippen molar-refractivity contribution in [3.05, 3.63) is 6.33 Å². The van der Waals surface area contributed by atoms with Crippen molar-refractivity contribution in [1.29, 1.82) is 0 Å². The van der Waals surface area contributed by atoms with Crippen LogP contribution in [0.1, 0.15) is 26.2 Å². The first-order chi connectivity index (χ1) is 8.78.